The molecule has 0 amide bonds. The first-order valence-electron chi connectivity index (χ1n) is 8.37. The fourth-order valence-corrected chi connectivity index (χ4v) is 3.27. The van der Waals surface area contributed by atoms with Gasteiger partial charge in [0.1, 0.15) is 5.69 Å². The van der Waals surface area contributed by atoms with Crippen LogP contribution in [0.1, 0.15) is 26.3 Å². The Kier molecular flexibility index (Phi) is 5.58. The Bertz CT molecular complexity index is 953. The second kappa shape index (κ2) is 8.05. The van der Waals surface area contributed by atoms with Gasteiger partial charge in [-0.05, 0) is 56.7 Å². The molecule has 136 valence electrons. The van der Waals surface area contributed by atoms with Crippen LogP contribution in [0.3, 0.4) is 0 Å². The number of ether oxygens (including phenoxy) is 1. The van der Waals surface area contributed by atoms with E-state index >= 15 is 0 Å². The number of hydrogen-bond donors (Lipinski definition) is 1. The van der Waals surface area contributed by atoms with Gasteiger partial charge >= 0.3 is 0 Å². The zero-order valence-corrected chi connectivity index (χ0v) is 15.7. The largest absolute Gasteiger partial charge is 0.504 e. The lowest BCUT2D eigenvalue weighted by Crippen LogP contribution is -2.14. The zero-order valence-electron chi connectivity index (χ0n) is 14.9. The van der Waals surface area contributed by atoms with Crippen molar-refractivity contribution >= 4 is 17.6 Å². The van der Waals surface area contributed by atoms with Crippen molar-refractivity contribution in [2.45, 2.75) is 26.8 Å². The Labute approximate surface area is 155 Å². The Hall–Kier alpha value is -2.80. The van der Waals surface area contributed by atoms with E-state index in [4.69, 9.17) is 9.15 Å². The SMILES string of the molecule is CCOc1cc(C=Nn2c(-c3ccco3)csc2=NC(C)C)ccc1O. The minimum absolute atomic E-state index is 0.110. The molecule has 0 aliphatic rings. The van der Waals surface area contributed by atoms with Crippen LogP contribution in [0.4, 0.5) is 0 Å². The zero-order chi connectivity index (χ0) is 18.5. The molecular weight excluding hydrogens is 350 g/mol. The molecule has 1 aromatic carbocycles. The molecule has 0 spiro atoms. The van der Waals surface area contributed by atoms with Crippen LogP contribution < -0.4 is 9.54 Å². The second-order valence-electron chi connectivity index (χ2n) is 5.82. The first-order valence-corrected chi connectivity index (χ1v) is 9.25. The molecule has 0 aliphatic heterocycles. The average Bonchev–Trinajstić information content (AvgIpc) is 3.25. The summed E-state index contributed by atoms with van der Waals surface area (Å²) < 4.78 is 12.7. The molecule has 0 aliphatic carbocycles. The van der Waals surface area contributed by atoms with Crippen LogP contribution in [0, 0.1) is 0 Å². The highest BCUT2D eigenvalue weighted by Crippen LogP contribution is 2.26. The minimum Gasteiger partial charge on any atom is -0.504 e. The van der Waals surface area contributed by atoms with Gasteiger partial charge in [-0.1, -0.05) is 0 Å². The highest BCUT2D eigenvalue weighted by molar-refractivity contribution is 7.07. The molecule has 0 saturated heterocycles. The quantitative estimate of drug-likeness (QED) is 0.663. The molecule has 1 N–H and O–H groups in total. The molecule has 2 heterocycles. The lowest BCUT2D eigenvalue weighted by Gasteiger charge is -2.06. The molecule has 0 fully saturated rings. The number of furan rings is 1. The molecule has 0 atom stereocenters. The van der Waals surface area contributed by atoms with E-state index in [0.29, 0.717) is 12.4 Å². The molecule has 3 rings (SSSR count). The Morgan fingerprint density at radius 3 is 2.88 bits per heavy atom. The number of aromatic hydroxyl groups is 1. The van der Waals surface area contributed by atoms with Crippen LogP contribution >= 0.6 is 11.3 Å². The van der Waals surface area contributed by atoms with Crippen LogP contribution in [0.15, 0.2) is 56.5 Å². The fourth-order valence-electron chi connectivity index (χ4n) is 2.32. The van der Waals surface area contributed by atoms with E-state index in [0.717, 1.165) is 21.8 Å². The van der Waals surface area contributed by atoms with E-state index in [-0.39, 0.29) is 11.8 Å². The molecule has 0 radical (unpaired) electrons. The standard InChI is InChI=1S/C19H21N3O3S/c1-4-24-18-10-14(7-8-16(18)23)11-20-22-15(17-6-5-9-25-17)12-26-19(22)21-13(2)3/h5-13,23H,4H2,1-3H3. The molecule has 2 aromatic heterocycles. The third-order valence-electron chi connectivity index (χ3n) is 3.43. The molecule has 26 heavy (non-hydrogen) atoms. The van der Waals surface area contributed by atoms with Gasteiger partial charge in [-0.25, -0.2) is 4.68 Å². The van der Waals surface area contributed by atoms with Crippen molar-refractivity contribution in [1.82, 2.24) is 4.68 Å². The summed E-state index contributed by atoms with van der Waals surface area (Å²) in [6.45, 7) is 6.40. The maximum Gasteiger partial charge on any atom is 0.206 e. The fraction of sp³-hybridized carbons (Fsp3) is 0.263. The van der Waals surface area contributed by atoms with E-state index in [9.17, 15) is 5.11 Å². The van der Waals surface area contributed by atoms with Crippen LogP contribution in [0.2, 0.25) is 0 Å². The number of hydrogen-bond acceptors (Lipinski definition) is 6. The van der Waals surface area contributed by atoms with E-state index in [1.165, 1.54) is 11.3 Å². The van der Waals surface area contributed by atoms with Crippen molar-refractivity contribution < 1.29 is 14.3 Å². The third kappa shape index (κ3) is 4.05. The smallest absolute Gasteiger partial charge is 0.206 e. The second-order valence-corrected chi connectivity index (χ2v) is 6.66. The van der Waals surface area contributed by atoms with Crippen molar-refractivity contribution in [2.24, 2.45) is 10.1 Å². The monoisotopic (exact) mass is 371 g/mol. The number of aromatic nitrogens is 1. The third-order valence-corrected chi connectivity index (χ3v) is 4.26. The molecule has 0 bridgehead atoms. The predicted molar refractivity (Wildman–Crippen MR) is 103 cm³/mol. The van der Waals surface area contributed by atoms with Gasteiger partial charge in [-0.2, -0.15) is 5.10 Å². The van der Waals surface area contributed by atoms with Crippen LogP contribution in [0.25, 0.3) is 11.5 Å². The molecule has 0 saturated carbocycles. The van der Waals surface area contributed by atoms with Crippen molar-refractivity contribution in [3.63, 3.8) is 0 Å². The van der Waals surface area contributed by atoms with Gasteiger partial charge in [-0.3, -0.25) is 4.99 Å². The van der Waals surface area contributed by atoms with Gasteiger partial charge in [-0.15, -0.1) is 11.3 Å². The summed E-state index contributed by atoms with van der Waals surface area (Å²) in [5.74, 6) is 1.27. The van der Waals surface area contributed by atoms with Gasteiger partial charge in [0, 0.05) is 11.4 Å². The Balaban J connectivity index is 2.02. The number of benzene rings is 1. The van der Waals surface area contributed by atoms with Crippen molar-refractivity contribution in [3.8, 4) is 23.0 Å². The van der Waals surface area contributed by atoms with Crippen molar-refractivity contribution in [3.05, 3.63) is 52.3 Å². The number of phenols is 1. The van der Waals surface area contributed by atoms with E-state index < -0.39 is 0 Å². The number of phenolic OH excluding ortho intramolecular Hbond substituents is 1. The van der Waals surface area contributed by atoms with Crippen LogP contribution in [-0.2, 0) is 0 Å². The topological polar surface area (TPSA) is 72.2 Å². The summed E-state index contributed by atoms with van der Waals surface area (Å²) in [7, 11) is 0. The highest BCUT2D eigenvalue weighted by atomic mass is 32.1. The van der Waals surface area contributed by atoms with Crippen molar-refractivity contribution in [1.29, 1.82) is 0 Å². The molecule has 0 unspecified atom stereocenters. The normalized spacial score (nSPS) is 12.4. The summed E-state index contributed by atoms with van der Waals surface area (Å²) in [4.78, 5) is 5.41. The molecule has 6 nitrogen and oxygen atoms in total. The summed E-state index contributed by atoms with van der Waals surface area (Å²) in [6.07, 6.45) is 3.34. The van der Waals surface area contributed by atoms with E-state index in [1.54, 1.807) is 35.4 Å². The first-order chi connectivity index (χ1) is 12.6. The first kappa shape index (κ1) is 18.0. The van der Waals surface area contributed by atoms with Crippen LogP contribution in [0.5, 0.6) is 11.5 Å². The number of nitrogens with zero attached hydrogens (tertiary/aromatic N) is 3. The maximum atomic E-state index is 9.83. The lowest BCUT2D eigenvalue weighted by atomic mass is 10.2. The molecule has 7 heteroatoms. The molecular formula is C19H21N3O3S. The van der Waals surface area contributed by atoms with Gasteiger partial charge in [0.05, 0.1) is 19.1 Å². The van der Waals surface area contributed by atoms with Crippen LogP contribution in [-0.4, -0.2) is 28.6 Å². The van der Waals surface area contributed by atoms with Gasteiger partial charge in [0.15, 0.2) is 17.3 Å². The maximum absolute atomic E-state index is 9.83. The number of thiazole rings is 1. The average molecular weight is 371 g/mol. The Morgan fingerprint density at radius 1 is 1.35 bits per heavy atom. The summed E-state index contributed by atoms with van der Waals surface area (Å²) >= 11 is 1.51. The number of rotatable bonds is 6. The Morgan fingerprint density at radius 2 is 2.19 bits per heavy atom. The predicted octanol–water partition coefficient (Wildman–Crippen LogP) is 4.11. The van der Waals surface area contributed by atoms with E-state index in [1.807, 2.05) is 38.3 Å². The van der Waals surface area contributed by atoms with Gasteiger partial charge < -0.3 is 14.3 Å². The van der Waals surface area contributed by atoms with Gasteiger partial charge in [0.2, 0.25) is 4.80 Å². The van der Waals surface area contributed by atoms with Crippen molar-refractivity contribution in [2.75, 3.05) is 6.61 Å². The molecule has 3 aromatic rings. The minimum atomic E-state index is 0.110. The van der Waals surface area contributed by atoms with E-state index in [2.05, 4.69) is 10.1 Å². The summed E-state index contributed by atoms with van der Waals surface area (Å²) in [5, 5.41) is 16.4. The van der Waals surface area contributed by atoms with Gasteiger partial charge in [0.25, 0.3) is 0 Å². The highest BCUT2D eigenvalue weighted by Gasteiger charge is 2.10. The lowest BCUT2D eigenvalue weighted by molar-refractivity contribution is 0.318. The summed E-state index contributed by atoms with van der Waals surface area (Å²) in [5.41, 5.74) is 1.64. The summed E-state index contributed by atoms with van der Waals surface area (Å²) in [6, 6.07) is 9.01.